The average Bonchev–Trinajstić information content (AvgIpc) is 2.13. The van der Waals surface area contributed by atoms with Gasteiger partial charge >= 0.3 is 0 Å². The van der Waals surface area contributed by atoms with Gasteiger partial charge in [0.05, 0.1) is 11.1 Å². The second-order valence-corrected chi connectivity index (χ2v) is 4.23. The summed E-state index contributed by atoms with van der Waals surface area (Å²) < 4.78 is 0.976. The van der Waals surface area contributed by atoms with Crippen LogP contribution in [0.5, 0.6) is 0 Å². The average molecular weight is 264 g/mol. The Balaban J connectivity index is 3.18. The summed E-state index contributed by atoms with van der Waals surface area (Å²) in [5, 5.41) is 10.3. The van der Waals surface area contributed by atoms with E-state index in [-0.39, 0.29) is 0 Å². The van der Waals surface area contributed by atoms with E-state index in [2.05, 4.69) is 15.9 Å². The zero-order chi connectivity index (χ0) is 10.0. The van der Waals surface area contributed by atoms with E-state index in [4.69, 9.17) is 11.6 Å². The highest BCUT2D eigenvalue weighted by molar-refractivity contribution is 9.10. The predicted molar refractivity (Wildman–Crippen MR) is 59.1 cm³/mol. The Kier molecular flexibility index (Phi) is 3.77. The molecule has 0 heterocycles. The number of benzene rings is 1. The Morgan fingerprint density at radius 2 is 2.15 bits per heavy atom. The molecule has 1 nitrogen and oxygen atoms in total. The zero-order valence-electron chi connectivity index (χ0n) is 7.64. The van der Waals surface area contributed by atoms with Crippen LogP contribution in [0.3, 0.4) is 0 Å². The first kappa shape index (κ1) is 11.0. The largest absolute Gasteiger partial charge is 0.388 e. The third-order valence-electron chi connectivity index (χ3n) is 2.10. The lowest BCUT2D eigenvalue weighted by molar-refractivity contribution is 0.173. The van der Waals surface area contributed by atoms with Crippen molar-refractivity contribution in [2.45, 2.75) is 26.4 Å². The maximum Gasteiger partial charge on any atom is 0.0801 e. The van der Waals surface area contributed by atoms with Crippen LogP contribution < -0.4 is 0 Å². The minimum absolute atomic E-state index is 0.459. The van der Waals surface area contributed by atoms with E-state index in [1.54, 1.807) is 0 Å². The summed E-state index contributed by atoms with van der Waals surface area (Å²) in [6.07, 6.45) is 0.222. The van der Waals surface area contributed by atoms with Crippen molar-refractivity contribution in [1.29, 1.82) is 0 Å². The van der Waals surface area contributed by atoms with Gasteiger partial charge in [-0.1, -0.05) is 40.5 Å². The molecule has 0 aliphatic rings. The van der Waals surface area contributed by atoms with Crippen LogP contribution in [0.2, 0.25) is 5.02 Å². The molecule has 0 radical (unpaired) electrons. The van der Waals surface area contributed by atoms with E-state index in [1.165, 1.54) is 0 Å². The molecule has 1 unspecified atom stereocenters. The first-order valence-electron chi connectivity index (χ1n) is 4.20. The van der Waals surface area contributed by atoms with E-state index in [0.717, 1.165) is 15.6 Å². The van der Waals surface area contributed by atoms with Crippen LogP contribution in [0.15, 0.2) is 16.6 Å². The lowest BCUT2D eigenvalue weighted by Crippen LogP contribution is -1.97. The molecule has 0 aromatic heterocycles. The van der Waals surface area contributed by atoms with Crippen LogP contribution >= 0.6 is 27.5 Å². The molecule has 1 atom stereocenters. The monoisotopic (exact) mass is 262 g/mol. The first-order valence-corrected chi connectivity index (χ1v) is 5.37. The van der Waals surface area contributed by atoms with Crippen molar-refractivity contribution in [3.05, 3.63) is 32.8 Å². The molecule has 0 amide bonds. The lowest BCUT2D eigenvalue weighted by atomic mass is 10.0. The minimum atomic E-state index is -0.459. The highest BCUT2D eigenvalue weighted by atomic mass is 79.9. The van der Waals surface area contributed by atoms with Gasteiger partial charge in [-0.2, -0.15) is 0 Å². The molecule has 13 heavy (non-hydrogen) atoms. The van der Waals surface area contributed by atoms with Gasteiger partial charge in [0, 0.05) is 4.47 Å². The molecular weight excluding hydrogens is 251 g/mol. The number of hydrogen-bond acceptors (Lipinski definition) is 1. The smallest absolute Gasteiger partial charge is 0.0801 e. The van der Waals surface area contributed by atoms with Crippen molar-refractivity contribution < 1.29 is 5.11 Å². The molecule has 0 spiro atoms. The fourth-order valence-corrected chi connectivity index (χ4v) is 1.90. The Hall–Kier alpha value is -0.0500. The molecular formula is C10H12BrClO. The summed E-state index contributed by atoms with van der Waals surface area (Å²) in [5.41, 5.74) is 1.79. The van der Waals surface area contributed by atoms with Gasteiger partial charge in [-0.25, -0.2) is 0 Å². The fourth-order valence-electron chi connectivity index (χ4n) is 1.16. The Morgan fingerprint density at radius 1 is 1.54 bits per heavy atom. The second kappa shape index (κ2) is 4.45. The van der Waals surface area contributed by atoms with Crippen molar-refractivity contribution in [3.63, 3.8) is 0 Å². The summed E-state index contributed by atoms with van der Waals surface area (Å²) in [6, 6.07) is 3.77. The fraction of sp³-hybridized carbons (Fsp3) is 0.400. The minimum Gasteiger partial charge on any atom is -0.388 e. The quantitative estimate of drug-likeness (QED) is 0.859. The summed E-state index contributed by atoms with van der Waals surface area (Å²) in [4.78, 5) is 0. The molecule has 0 aliphatic heterocycles. The Morgan fingerprint density at radius 3 is 2.69 bits per heavy atom. The van der Waals surface area contributed by atoms with Crippen LogP contribution in [0, 0.1) is 6.92 Å². The molecule has 0 saturated heterocycles. The van der Waals surface area contributed by atoms with Crippen molar-refractivity contribution in [3.8, 4) is 0 Å². The van der Waals surface area contributed by atoms with Crippen LogP contribution in [-0.4, -0.2) is 5.11 Å². The topological polar surface area (TPSA) is 20.2 Å². The second-order valence-electron chi connectivity index (χ2n) is 3.00. The van der Waals surface area contributed by atoms with Crippen LogP contribution in [0.4, 0.5) is 0 Å². The van der Waals surface area contributed by atoms with Gasteiger partial charge < -0.3 is 5.11 Å². The summed E-state index contributed by atoms with van der Waals surface area (Å²) in [5.74, 6) is 0. The number of halogens is 2. The van der Waals surface area contributed by atoms with Gasteiger partial charge in [0.25, 0.3) is 0 Å². The van der Waals surface area contributed by atoms with Gasteiger partial charge in [0.15, 0.2) is 0 Å². The SMILES string of the molecule is CCC(O)c1ccc(Br)c(C)c1Cl. The van der Waals surface area contributed by atoms with E-state index in [0.29, 0.717) is 11.4 Å². The van der Waals surface area contributed by atoms with Crippen molar-refractivity contribution >= 4 is 27.5 Å². The maximum absolute atomic E-state index is 9.63. The first-order chi connectivity index (χ1) is 6.07. The molecule has 0 saturated carbocycles. The highest BCUT2D eigenvalue weighted by Crippen LogP contribution is 2.32. The molecule has 3 heteroatoms. The van der Waals surface area contributed by atoms with Crippen molar-refractivity contribution in [2.24, 2.45) is 0 Å². The Bertz CT molecular complexity index is 312. The van der Waals surface area contributed by atoms with Crippen molar-refractivity contribution in [2.75, 3.05) is 0 Å². The molecule has 1 aromatic carbocycles. The van der Waals surface area contributed by atoms with E-state index >= 15 is 0 Å². The highest BCUT2D eigenvalue weighted by Gasteiger charge is 2.12. The summed E-state index contributed by atoms with van der Waals surface area (Å²) >= 11 is 9.47. The standard InChI is InChI=1S/C10H12BrClO/c1-3-9(13)7-4-5-8(11)6(2)10(7)12/h4-5,9,13H,3H2,1-2H3. The van der Waals surface area contributed by atoms with Gasteiger partial charge in [-0.3, -0.25) is 0 Å². The molecule has 72 valence electrons. The van der Waals surface area contributed by atoms with E-state index in [1.807, 2.05) is 26.0 Å². The van der Waals surface area contributed by atoms with Gasteiger partial charge in [-0.15, -0.1) is 0 Å². The normalized spacial score (nSPS) is 13.0. The van der Waals surface area contributed by atoms with Gasteiger partial charge in [0.1, 0.15) is 0 Å². The lowest BCUT2D eigenvalue weighted by Gasteiger charge is -2.12. The summed E-state index contributed by atoms with van der Waals surface area (Å²) in [6.45, 7) is 3.86. The van der Waals surface area contributed by atoms with Crippen LogP contribution in [0.1, 0.15) is 30.6 Å². The zero-order valence-corrected chi connectivity index (χ0v) is 9.98. The molecule has 0 bridgehead atoms. The van der Waals surface area contributed by atoms with E-state index in [9.17, 15) is 5.11 Å². The summed E-state index contributed by atoms with van der Waals surface area (Å²) in [7, 11) is 0. The van der Waals surface area contributed by atoms with Gasteiger partial charge in [0.2, 0.25) is 0 Å². The predicted octanol–water partition coefficient (Wildman–Crippen LogP) is 3.85. The molecule has 0 fully saturated rings. The molecule has 0 aliphatic carbocycles. The number of aliphatic hydroxyl groups is 1. The number of rotatable bonds is 2. The third-order valence-corrected chi connectivity index (χ3v) is 3.46. The molecule has 1 N–H and O–H groups in total. The maximum atomic E-state index is 9.63. The van der Waals surface area contributed by atoms with Crippen molar-refractivity contribution in [1.82, 2.24) is 0 Å². The molecule has 1 rings (SSSR count). The third kappa shape index (κ3) is 2.25. The number of aliphatic hydroxyl groups excluding tert-OH is 1. The Labute approximate surface area is 91.9 Å². The number of hydrogen-bond donors (Lipinski definition) is 1. The van der Waals surface area contributed by atoms with E-state index < -0.39 is 6.10 Å². The van der Waals surface area contributed by atoms with Crippen LogP contribution in [-0.2, 0) is 0 Å². The molecule has 1 aromatic rings. The van der Waals surface area contributed by atoms with Crippen LogP contribution in [0.25, 0.3) is 0 Å². The van der Waals surface area contributed by atoms with Gasteiger partial charge in [-0.05, 0) is 30.5 Å².